The molecule has 5 heteroatoms. The van der Waals surface area contributed by atoms with Gasteiger partial charge in [-0.15, -0.1) is 0 Å². The number of nitrogens with two attached hydrogens (primary N) is 1. The fourth-order valence-electron chi connectivity index (χ4n) is 2.15. The van der Waals surface area contributed by atoms with Crippen LogP contribution in [0.15, 0.2) is 24.3 Å². The molecule has 0 saturated carbocycles. The minimum atomic E-state index is -3.00. The molecular formula is C13H19NO3S. The summed E-state index contributed by atoms with van der Waals surface area (Å²) in [6, 6.07) is 7.37. The van der Waals surface area contributed by atoms with E-state index in [0.717, 1.165) is 5.56 Å². The van der Waals surface area contributed by atoms with Gasteiger partial charge >= 0.3 is 0 Å². The lowest BCUT2D eigenvalue weighted by atomic mass is 10.1. The molecule has 0 aromatic heterocycles. The normalized spacial score (nSPS) is 17.8. The molecule has 1 aromatic carbocycles. The van der Waals surface area contributed by atoms with Crippen molar-refractivity contribution in [2.45, 2.75) is 24.5 Å². The van der Waals surface area contributed by atoms with Crippen LogP contribution in [0.1, 0.15) is 18.4 Å². The molecule has 0 unspecified atom stereocenters. The number of hydrogen-bond acceptors (Lipinski definition) is 4. The van der Waals surface area contributed by atoms with Crippen LogP contribution in [0.2, 0.25) is 0 Å². The zero-order chi connectivity index (χ0) is 13.0. The monoisotopic (exact) mass is 269 g/mol. The van der Waals surface area contributed by atoms with Crippen molar-refractivity contribution in [3.8, 4) is 0 Å². The molecule has 1 saturated heterocycles. The average molecular weight is 269 g/mol. The van der Waals surface area contributed by atoms with Gasteiger partial charge in [-0.25, -0.2) is 8.42 Å². The molecule has 2 rings (SSSR count). The fourth-order valence-corrected chi connectivity index (χ4v) is 3.91. The topological polar surface area (TPSA) is 69.4 Å². The molecule has 1 aliphatic rings. The van der Waals surface area contributed by atoms with E-state index in [9.17, 15) is 8.42 Å². The zero-order valence-electron chi connectivity index (χ0n) is 10.3. The molecule has 1 aliphatic heterocycles. The van der Waals surface area contributed by atoms with E-state index in [1.807, 2.05) is 12.1 Å². The predicted octanol–water partition coefficient (Wildman–Crippen LogP) is 1.41. The van der Waals surface area contributed by atoms with Gasteiger partial charge in [0.05, 0.1) is 11.0 Å². The summed E-state index contributed by atoms with van der Waals surface area (Å²) in [5.41, 5.74) is 7.31. The molecular weight excluding hydrogens is 250 g/mol. The van der Waals surface area contributed by atoms with Crippen molar-refractivity contribution in [2.24, 2.45) is 0 Å². The maximum Gasteiger partial charge on any atom is 0.153 e. The Morgan fingerprint density at radius 3 is 2.39 bits per heavy atom. The summed E-state index contributed by atoms with van der Waals surface area (Å²) in [5.74, 6) is 0.210. The van der Waals surface area contributed by atoms with Crippen molar-refractivity contribution in [1.82, 2.24) is 0 Å². The molecule has 0 radical (unpaired) electrons. The van der Waals surface area contributed by atoms with E-state index < -0.39 is 9.84 Å². The third-order valence-electron chi connectivity index (χ3n) is 3.33. The lowest BCUT2D eigenvalue weighted by molar-refractivity contribution is 0.0983. The van der Waals surface area contributed by atoms with E-state index in [-0.39, 0.29) is 11.0 Å². The molecule has 1 heterocycles. The van der Waals surface area contributed by atoms with Gasteiger partial charge in [-0.3, -0.25) is 0 Å². The molecule has 2 N–H and O–H groups in total. The van der Waals surface area contributed by atoms with Gasteiger partial charge in [-0.05, 0) is 37.0 Å². The Morgan fingerprint density at radius 2 is 1.78 bits per heavy atom. The molecule has 0 aliphatic carbocycles. The second-order valence-electron chi connectivity index (χ2n) is 4.67. The number of ether oxygens (including phenoxy) is 1. The Labute approximate surface area is 108 Å². The van der Waals surface area contributed by atoms with Crippen molar-refractivity contribution in [3.05, 3.63) is 29.8 Å². The quantitative estimate of drug-likeness (QED) is 0.839. The second-order valence-corrected chi connectivity index (χ2v) is 7.07. The predicted molar refractivity (Wildman–Crippen MR) is 72.2 cm³/mol. The van der Waals surface area contributed by atoms with Crippen molar-refractivity contribution in [3.63, 3.8) is 0 Å². The SMILES string of the molecule is Nc1ccc(CCS(=O)(=O)C2CCOCC2)cc1. The molecule has 0 amide bonds. The zero-order valence-corrected chi connectivity index (χ0v) is 11.2. The van der Waals surface area contributed by atoms with Gasteiger partial charge in [0.15, 0.2) is 9.84 Å². The van der Waals surface area contributed by atoms with Crippen LogP contribution in [0, 0.1) is 0 Å². The number of sulfone groups is 1. The van der Waals surface area contributed by atoms with Gasteiger partial charge in [0.25, 0.3) is 0 Å². The summed E-state index contributed by atoms with van der Waals surface area (Å²) in [6.07, 6.45) is 1.81. The van der Waals surface area contributed by atoms with E-state index in [1.165, 1.54) is 0 Å². The number of nitrogen functional groups attached to an aromatic ring is 1. The van der Waals surface area contributed by atoms with Crippen LogP contribution in [0.25, 0.3) is 0 Å². The van der Waals surface area contributed by atoms with Gasteiger partial charge in [0, 0.05) is 18.9 Å². The molecule has 100 valence electrons. The molecule has 0 bridgehead atoms. The molecule has 1 fully saturated rings. The van der Waals surface area contributed by atoms with Gasteiger partial charge in [0.1, 0.15) is 0 Å². The van der Waals surface area contributed by atoms with E-state index in [4.69, 9.17) is 10.5 Å². The fraction of sp³-hybridized carbons (Fsp3) is 0.538. The minimum absolute atomic E-state index is 0.210. The Bertz CT molecular complexity index is 475. The first-order chi connectivity index (χ1) is 8.58. The van der Waals surface area contributed by atoms with Crippen molar-refractivity contribution in [1.29, 1.82) is 0 Å². The van der Waals surface area contributed by atoms with Crippen molar-refractivity contribution >= 4 is 15.5 Å². The van der Waals surface area contributed by atoms with Gasteiger partial charge in [-0.1, -0.05) is 12.1 Å². The molecule has 0 atom stereocenters. The second kappa shape index (κ2) is 5.71. The molecule has 0 spiro atoms. The van der Waals surface area contributed by atoms with Crippen molar-refractivity contribution < 1.29 is 13.2 Å². The summed E-state index contributed by atoms with van der Waals surface area (Å²) >= 11 is 0. The van der Waals surface area contributed by atoms with E-state index >= 15 is 0 Å². The summed E-state index contributed by atoms with van der Waals surface area (Å²) in [4.78, 5) is 0. The first kappa shape index (κ1) is 13.4. The summed E-state index contributed by atoms with van der Waals surface area (Å²) in [7, 11) is -3.00. The maximum atomic E-state index is 12.1. The number of rotatable bonds is 4. The minimum Gasteiger partial charge on any atom is -0.399 e. The van der Waals surface area contributed by atoms with Crippen LogP contribution in [0.5, 0.6) is 0 Å². The maximum absolute atomic E-state index is 12.1. The summed E-state index contributed by atoms with van der Waals surface area (Å²) < 4.78 is 29.5. The van der Waals surface area contributed by atoms with E-state index in [2.05, 4.69) is 0 Å². The number of aryl methyl sites for hydroxylation is 1. The molecule has 18 heavy (non-hydrogen) atoms. The standard InChI is InChI=1S/C13H19NO3S/c14-12-3-1-11(2-4-12)7-10-18(15,16)13-5-8-17-9-6-13/h1-4,13H,5-10,14H2. The van der Waals surface area contributed by atoms with Gasteiger partial charge in [-0.2, -0.15) is 0 Å². The summed E-state index contributed by atoms with van der Waals surface area (Å²) in [5, 5.41) is -0.222. The highest BCUT2D eigenvalue weighted by molar-refractivity contribution is 7.92. The Morgan fingerprint density at radius 1 is 1.17 bits per heavy atom. The van der Waals surface area contributed by atoms with Crippen LogP contribution < -0.4 is 5.73 Å². The van der Waals surface area contributed by atoms with E-state index in [0.29, 0.717) is 38.2 Å². The lowest BCUT2D eigenvalue weighted by Crippen LogP contribution is -2.31. The highest BCUT2D eigenvalue weighted by Crippen LogP contribution is 2.18. The van der Waals surface area contributed by atoms with Crippen LogP contribution in [0.3, 0.4) is 0 Å². The van der Waals surface area contributed by atoms with Crippen LogP contribution in [0.4, 0.5) is 5.69 Å². The lowest BCUT2D eigenvalue weighted by Gasteiger charge is -2.22. The summed E-state index contributed by atoms with van der Waals surface area (Å²) in [6.45, 7) is 1.12. The number of benzene rings is 1. The molecule has 1 aromatic rings. The Kier molecular flexibility index (Phi) is 4.24. The average Bonchev–Trinajstić information content (AvgIpc) is 2.39. The smallest absolute Gasteiger partial charge is 0.153 e. The van der Waals surface area contributed by atoms with Gasteiger partial charge in [0.2, 0.25) is 0 Å². The first-order valence-electron chi connectivity index (χ1n) is 6.22. The number of anilines is 1. The highest BCUT2D eigenvalue weighted by Gasteiger charge is 2.27. The van der Waals surface area contributed by atoms with Gasteiger partial charge < -0.3 is 10.5 Å². The Balaban J connectivity index is 1.94. The van der Waals surface area contributed by atoms with Crippen molar-refractivity contribution in [2.75, 3.05) is 24.7 Å². The third kappa shape index (κ3) is 3.46. The van der Waals surface area contributed by atoms with Crippen LogP contribution >= 0.6 is 0 Å². The third-order valence-corrected chi connectivity index (χ3v) is 5.59. The highest BCUT2D eigenvalue weighted by atomic mass is 32.2. The number of hydrogen-bond donors (Lipinski definition) is 1. The van der Waals surface area contributed by atoms with E-state index in [1.54, 1.807) is 12.1 Å². The first-order valence-corrected chi connectivity index (χ1v) is 7.93. The largest absolute Gasteiger partial charge is 0.399 e. The molecule has 4 nitrogen and oxygen atoms in total. The Hall–Kier alpha value is -1.07. The van der Waals surface area contributed by atoms with Crippen LogP contribution in [-0.4, -0.2) is 32.6 Å². The van der Waals surface area contributed by atoms with Crippen LogP contribution in [-0.2, 0) is 21.0 Å².